The van der Waals surface area contributed by atoms with E-state index in [1.807, 2.05) is 43.3 Å². The van der Waals surface area contributed by atoms with Crippen LogP contribution in [0.4, 0.5) is 5.69 Å². The molecule has 0 saturated carbocycles. The van der Waals surface area contributed by atoms with E-state index in [0.29, 0.717) is 5.69 Å². The van der Waals surface area contributed by atoms with E-state index in [1.165, 1.54) is 11.3 Å². The van der Waals surface area contributed by atoms with Crippen LogP contribution in [0.15, 0.2) is 54.2 Å². The number of rotatable bonds is 3. The van der Waals surface area contributed by atoms with Gasteiger partial charge >= 0.3 is 0 Å². The van der Waals surface area contributed by atoms with Crippen molar-refractivity contribution in [2.24, 2.45) is 0 Å². The maximum absolute atomic E-state index is 12.2. The first-order valence-corrected chi connectivity index (χ1v) is 7.34. The quantitative estimate of drug-likeness (QED) is 0.800. The van der Waals surface area contributed by atoms with E-state index in [1.54, 1.807) is 17.8 Å². The first kappa shape index (κ1) is 13.5. The molecule has 1 aromatic carbocycles. The van der Waals surface area contributed by atoms with Gasteiger partial charge in [0.1, 0.15) is 10.7 Å². The molecule has 3 rings (SSSR count). The third-order valence-electron chi connectivity index (χ3n) is 2.97. The molecule has 0 radical (unpaired) electrons. The normalized spacial score (nSPS) is 10.3. The Morgan fingerprint density at radius 3 is 2.52 bits per heavy atom. The summed E-state index contributed by atoms with van der Waals surface area (Å²) in [4.78, 5) is 20.5. The summed E-state index contributed by atoms with van der Waals surface area (Å²) in [7, 11) is 0. The van der Waals surface area contributed by atoms with Crippen molar-refractivity contribution in [1.29, 1.82) is 0 Å². The molecule has 1 amide bonds. The highest BCUT2D eigenvalue weighted by molar-refractivity contribution is 7.13. The van der Waals surface area contributed by atoms with Gasteiger partial charge in [-0.05, 0) is 31.2 Å². The van der Waals surface area contributed by atoms with Gasteiger partial charge in [0.05, 0.1) is 0 Å². The van der Waals surface area contributed by atoms with Gasteiger partial charge < -0.3 is 5.32 Å². The molecule has 3 aromatic rings. The molecule has 5 heteroatoms. The number of aromatic nitrogens is 2. The van der Waals surface area contributed by atoms with Crippen LogP contribution < -0.4 is 5.32 Å². The highest BCUT2D eigenvalue weighted by Gasteiger charge is 2.11. The van der Waals surface area contributed by atoms with E-state index in [-0.39, 0.29) is 5.91 Å². The fourth-order valence-corrected chi connectivity index (χ4v) is 2.64. The molecule has 104 valence electrons. The van der Waals surface area contributed by atoms with Crippen LogP contribution in [0.25, 0.3) is 10.6 Å². The van der Waals surface area contributed by atoms with Crippen LogP contribution in [0.3, 0.4) is 0 Å². The number of amides is 1. The number of carbonyl (C=O) groups is 1. The molecule has 0 aliphatic rings. The Morgan fingerprint density at radius 1 is 1.10 bits per heavy atom. The van der Waals surface area contributed by atoms with Crippen molar-refractivity contribution >= 4 is 22.9 Å². The van der Waals surface area contributed by atoms with Crippen molar-refractivity contribution in [3.05, 3.63) is 65.4 Å². The van der Waals surface area contributed by atoms with Gasteiger partial charge in [-0.15, -0.1) is 11.3 Å². The summed E-state index contributed by atoms with van der Waals surface area (Å²) in [5.41, 5.74) is 3.31. The molecule has 4 nitrogen and oxygen atoms in total. The molecule has 21 heavy (non-hydrogen) atoms. The van der Waals surface area contributed by atoms with Crippen LogP contribution in [0.2, 0.25) is 0 Å². The van der Waals surface area contributed by atoms with E-state index >= 15 is 0 Å². The topological polar surface area (TPSA) is 54.9 Å². The van der Waals surface area contributed by atoms with Gasteiger partial charge in [0.15, 0.2) is 0 Å². The Kier molecular flexibility index (Phi) is 3.75. The van der Waals surface area contributed by atoms with Crippen LogP contribution in [-0.4, -0.2) is 15.9 Å². The van der Waals surface area contributed by atoms with Gasteiger partial charge in [-0.3, -0.25) is 9.78 Å². The number of pyridine rings is 1. The van der Waals surface area contributed by atoms with E-state index in [9.17, 15) is 4.79 Å². The fourth-order valence-electron chi connectivity index (χ4n) is 1.84. The summed E-state index contributed by atoms with van der Waals surface area (Å²) in [6.45, 7) is 2.01. The average Bonchev–Trinajstić information content (AvgIpc) is 3.00. The van der Waals surface area contributed by atoms with Crippen LogP contribution >= 0.6 is 11.3 Å². The molecule has 0 saturated heterocycles. The molecule has 2 aromatic heterocycles. The van der Waals surface area contributed by atoms with Crippen LogP contribution in [0.1, 0.15) is 16.1 Å². The molecule has 1 N–H and O–H groups in total. The minimum atomic E-state index is -0.199. The molecular weight excluding hydrogens is 282 g/mol. The molecular formula is C16H13N3OS. The summed E-state index contributed by atoms with van der Waals surface area (Å²) >= 11 is 1.44. The molecule has 0 aliphatic carbocycles. The number of thiazole rings is 1. The predicted octanol–water partition coefficient (Wildman–Crippen LogP) is 3.77. The fraction of sp³-hybridized carbons (Fsp3) is 0.0625. The number of carbonyl (C=O) groups excluding carboxylic acids is 1. The van der Waals surface area contributed by atoms with Crippen LogP contribution in [0, 0.1) is 6.92 Å². The lowest BCUT2D eigenvalue weighted by atomic mass is 10.2. The Hall–Kier alpha value is -2.53. The number of hydrogen-bond acceptors (Lipinski definition) is 4. The second kappa shape index (κ2) is 5.85. The minimum absolute atomic E-state index is 0.199. The molecule has 0 unspecified atom stereocenters. The minimum Gasteiger partial charge on any atom is -0.321 e. The second-order valence-corrected chi connectivity index (χ2v) is 5.45. The molecule has 0 aliphatic heterocycles. The SMILES string of the molecule is Cc1ccc(NC(=O)c2csc(-c3ccncc3)n2)cc1. The lowest BCUT2D eigenvalue weighted by molar-refractivity contribution is 0.102. The highest BCUT2D eigenvalue weighted by Crippen LogP contribution is 2.23. The zero-order valence-electron chi connectivity index (χ0n) is 11.4. The lowest BCUT2D eigenvalue weighted by Crippen LogP contribution is -2.12. The number of benzene rings is 1. The van der Waals surface area contributed by atoms with E-state index in [4.69, 9.17) is 0 Å². The number of nitrogens with zero attached hydrogens (tertiary/aromatic N) is 2. The number of anilines is 1. The lowest BCUT2D eigenvalue weighted by Gasteiger charge is -2.03. The largest absolute Gasteiger partial charge is 0.321 e. The van der Waals surface area contributed by atoms with Crippen molar-refractivity contribution in [3.8, 4) is 10.6 Å². The van der Waals surface area contributed by atoms with Crippen LogP contribution in [-0.2, 0) is 0 Å². The van der Waals surface area contributed by atoms with E-state index < -0.39 is 0 Å². The maximum Gasteiger partial charge on any atom is 0.275 e. The first-order valence-electron chi connectivity index (χ1n) is 6.46. The van der Waals surface area contributed by atoms with Gasteiger partial charge in [-0.2, -0.15) is 0 Å². The molecule has 0 atom stereocenters. The van der Waals surface area contributed by atoms with Crippen molar-refractivity contribution < 1.29 is 4.79 Å². The summed E-state index contributed by atoms with van der Waals surface area (Å²) in [5, 5.41) is 5.42. The summed E-state index contributed by atoms with van der Waals surface area (Å²) in [5.74, 6) is -0.199. The summed E-state index contributed by atoms with van der Waals surface area (Å²) in [6, 6.07) is 11.4. The zero-order valence-corrected chi connectivity index (χ0v) is 12.2. The Balaban J connectivity index is 1.77. The predicted molar refractivity (Wildman–Crippen MR) is 84.5 cm³/mol. The summed E-state index contributed by atoms with van der Waals surface area (Å²) in [6.07, 6.45) is 3.42. The van der Waals surface area contributed by atoms with Gasteiger partial charge in [0, 0.05) is 29.0 Å². The van der Waals surface area contributed by atoms with E-state index in [0.717, 1.165) is 21.8 Å². The molecule has 0 bridgehead atoms. The highest BCUT2D eigenvalue weighted by atomic mass is 32.1. The molecule has 0 fully saturated rings. The number of nitrogens with one attached hydrogen (secondary N) is 1. The zero-order chi connectivity index (χ0) is 14.7. The Bertz CT molecular complexity index is 751. The number of hydrogen-bond donors (Lipinski definition) is 1. The second-order valence-electron chi connectivity index (χ2n) is 4.59. The smallest absolute Gasteiger partial charge is 0.275 e. The Labute approximate surface area is 126 Å². The first-order chi connectivity index (χ1) is 10.2. The summed E-state index contributed by atoms with van der Waals surface area (Å²) < 4.78 is 0. The van der Waals surface area contributed by atoms with Crippen molar-refractivity contribution in [3.63, 3.8) is 0 Å². The third kappa shape index (κ3) is 3.14. The van der Waals surface area contributed by atoms with E-state index in [2.05, 4.69) is 15.3 Å². The maximum atomic E-state index is 12.2. The van der Waals surface area contributed by atoms with Crippen molar-refractivity contribution in [1.82, 2.24) is 9.97 Å². The van der Waals surface area contributed by atoms with Crippen LogP contribution in [0.5, 0.6) is 0 Å². The standard InChI is InChI=1S/C16H13N3OS/c1-11-2-4-13(5-3-11)18-15(20)14-10-21-16(19-14)12-6-8-17-9-7-12/h2-10H,1H3,(H,18,20). The van der Waals surface area contributed by atoms with Crippen molar-refractivity contribution in [2.75, 3.05) is 5.32 Å². The average molecular weight is 295 g/mol. The van der Waals surface area contributed by atoms with Gasteiger partial charge in [-0.1, -0.05) is 17.7 Å². The molecule has 0 spiro atoms. The number of aryl methyl sites for hydroxylation is 1. The van der Waals surface area contributed by atoms with Gasteiger partial charge in [0.2, 0.25) is 0 Å². The third-order valence-corrected chi connectivity index (χ3v) is 3.86. The van der Waals surface area contributed by atoms with Crippen molar-refractivity contribution in [2.45, 2.75) is 6.92 Å². The van der Waals surface area contributed by atoms with Gasteiger partial charge in [-0.25, -0.2) is 4.98 Å². The van der Waals surface area contributed by atoms with Gasteiger partial charge in [0.25, 0.3) is 5.91 Å². The molecule has 2 heterocycles. The Morgan fingerprint density at radius 2 is 1.81 bits per heavy atom. The monoisotopic (exact) mass is 295 g/mol.